The van der Waals surface area contributed by atoms with E-state index < -0.39 is 0 Å². The number of hydrogen-bond donors (Lipinski definition) is 2. The summed E-state index contributed by atoms with van der Waals surface area (Å²) >= 11 is 0. The lowest BCUT2D eigenvalue weighted by atomic mass is 10.1. The van der Waals surface area contributed by atoms with E-state index in [-0.39, 0.29) is 0 Å². The maximum atomic E-state index is 5.46. The standard InChI is InChI=1S/C15H34N2/c1-3-11-15(2)14-17-13-10-8-6-4-5-7-9-12-16/h15,17H,3-14,16H2,1-2H3. The van der Waals surface area contributed by atoms with Gasteiger partial charge in [-0.05, 0) is 44.8 Å². The molecule has 1 atom stereocenters. The summed E-state index contributed by atoms with van der Waals surface area (Å²) < 4.78 is 0. The van der Waals surface area contributed by atoms with Gasteiger partial charge in [0.15, 0.2) is 0 Å². The Bertz CT molecular complexity index is 137. The monoisotopic (exact) mass is 242 g/mol. The molecule has 0 spiro atoms. The number of unbranched alkanes of at least 4 members (excludes halogenated alkanes) is 6. The molecule has 17 heavy (non-hydrogen) atoms. The Kier molecular flexibility index (Phi) is 13.9. The minimum Gasteiger partial charge on any atom is -0.330 e. The molecule has 0 aliphatic rings. The van der Waals surface area contributed by atoms with Crippen molar-refractivity contribution in [2.24, 2.45) is 11.7 Å². The minimum atomic E-state index is 0.844. The van der Waals surface area contributed by atoms with E-state index in [0.717, 1.165) is 12.5 Å². The van der Waals surface area contributed by atoms with Gasteiger partial charge in [0, 0.05) is 0 Å². The van der Waals surface area contributed by atoms with Crippen molar-refractivity contribution in [3.8, 4) is 0 Å². The van der Waals surface area contributed by atoms with Gasteiger partial charge in [-0.15, -0.1) is 0 Å². The number of nitrogens with one attached hydrogen (secondary N) is 1. The number of rotatable bonds is 13. The van der Waals surface area contributed by atoms with Crippen molar-refractivity contribution in [1.29, 1.82) is 0 Å². The van der Waals surface area contributed by atoms with Crippen LogP contribution in [0, 0.1) is 5.92 Å². The summed E-state index contributed by atoms with van der Waals surface area (Å²) in [5, 5.41) is 3.56. The van der Waals surface area contributed by atoms with E-state index in [4.69, 9.17) is 5.73 Å². The fraction of sp³-hybridized carbons (Fsp3) is 1.00. The van der Waals surface area contributed by atoms with Crippen molar-refractivity contribution < 1.29 is 0 Å². The van der Waals surface area contributed by atoms with Crippen LogP contribution in [0.2, 0.25) is 0 Å². The zero-order valence-electron chi connectivity index (χ0n) is 12.1. The summed E-state index contributed by atoms with van der Waals surface area (Å²) in [4.78, 5) is 0. The highest BCUT2D eigenvalue weighted by molar-refractivity contribution is 4.56. The molecule has 0 radical (unpaired) electrons. The summed E-state index contributed by atoms with van der Waals surface area (Å²) in [6, 6.07) is 0. The third kappa shape index (κ3) is 13.9. The van der Waals surface area contributed by atoms with Crippen LogP contribution in [0.5, 0.6) is 0 Å². The van der Waals surface area contributed by atoms with Gasteiger partial charge in [-0.25, -0.2) is 0 Å². The van der Waals surface area contributed by atoms with E-state index in [1.807, 2.05) is 0 Å². The molecular weight excluding hydrogens is 208 g/mol. The number of hydrogen-bond acceptors (Lipinski definition) is 2. The molecule has 0 aliphatic carbocycles. The van der Waals surface area contributed by atoms with E-state index in [1.165, 1.54) is 70.9 Å². The molecule has 0 aliphatic heterocycles. The first-order chi connectivity index (χ1) is 8.31. The fourth-order valence-electron chi connectivity index (χ4n) is 2.22. The topological polar surface area (TPSA) is 38.0 Å². The molecule has 104 valence electrons. The largest absolute Gasteiger partial charge is 0.330 e. The van der Waals surface area contributed by atoms with Gasteiger partial charge in [0.1, 0.15) is 0 Å². The van der Waals surface area contributed by atoms with E-state index in [2.05, 4.69) is 19.2 Å². The van der Waals surface area contributed by atoms with Crippen molar-refractivity contribution in [1.82, 2.24) is 5.32 Å². The lowest BCUT2D eigenvalue weighted by Gasteiger charge is -2.11. The molecule has 0 saturated heterocycles. The smallest absolute Gasteiger partial charge is 0.00232 e. The Labute approximate surface area is 109 Å². The molecule has 0 fully saturated rings. The van der Waals surface area contributed by atoms with Gasteiger partial charge in [-0.1, -0.05) is 52.4 Å². The van der Waals surface area contributed by atoms with Crippen LogP contribution in [0.4, 0.5) is 0 Å². The molecule has 0 bridgehead atoms. The average Bonchev–Trinajstić information content (AvgIpc) is 2.32. The molecule has 0 rings (SSSR count). The maximum Gasteiger partial charge on any atom is -0.00232 e. The first-order valence-electron chi connectivity index (χ1n) is 7.72. The first kappa shape index (κ1) is 16.9. The van der Waals surface area contributed by atoms with Gasteiger partial charge in [-0.3, -0.25) is 0 Å². The molecule has 2 heteroatoms. The van der Waals surface area contributed by atoms with E-state index >= 15 is 0 Å². The zero-order valence-corrected chi connectivity index (χ0v) is 12.1. The van der Waals surface area contributed by atoms with E-state index in [0.29, 0.717) is 0 Å². The van der Waals surface area contributed by atoms with Crippen LogP contribution in [0.15, 0.2) is 0 Å². The lowest BCUT2D eigenvalue weighted by molar-refractivity contribution is 0.466. The first-order valence-corrected chi connectivity index (χ1v) is 7.72. The van der Waals surface area contributed by atoms with Gasteiger partial charge in [-0.2, -0.15) is 0 Å². The molecular formula is C15H34N2. The van der Waals surface area contributed by atoms with Gasteiger partial charge in [0.05, 0.1) is 0 Å². The summed E-state index contributed by atoms with van der Waals surface area (Å²) in [6.45, 7) is 7.87. The normalized spacial score (nSPS) is 12.9. The second-order valence-electron chi connectivity index (χ2n) is 5.36. The molecule has 0 aromatic carbocycles. The van der Waals surface area contributed by atoms with Crippen LogP contribution in [0.1, 0.15) is 71.6 Å². The second kappa shape index (κ2) is 14.0. The van der Waals surface area contributed by atoms with Crippen LogP contribution in [0.3, 0.4) is 0 Å². The molecule has 0 heterocycles. The highest BCUT2D eigenvalue weighted by Crippen LogP contribution is 2.06. The van der Waals surface area contributed by atoms with Crippen molar-refractivity contribution in [3.63, 3.8) is 0 Å². The molecule has 3 N–H and O–H groups in total. The van der Waals surface area contributed by atoms with E-state index in [1.54, 1.807) is 0 Å². The Morgan fingerprint density at radius 1 is 0.941 bits per heavy atom. The Hall–Kier alpha value is -0.0800. The second-order valence-corrected chi connectivity index (χ2v) is 5.36. The summed E-state index contributed by atoms with van der Waals surface area (Å²) in [7, 11) is 0. The highest BCUT2D eigenvalue weighted by atomic mass is 14.8. The molecule has 0 amide bonds. The van der Waals surface area contributed by atoms with Crippen LogP contribution in [-0.4, -0.2) is 19.6 Å². The van der Waals surface area contributed by atoms with Gasteiger partial charge in [0.25, 0.3) is 0 Å². The van der Waals surface area contributed by atoms with Crippen molar-refractivity contribution in [3.05, 3.63) is 0 Å². The van der Waals surface area contributed by atoms with Gasteiger partial charge < -0.3 is 11.1 Å². The molecule has 2 nitrogen and oxygen atoms in total. The van der Waals surface area contributed by atoms with Crippen LogP contribution < -0.4 is 11.1 Å². The van der Waals surface area contributed by atoms with Crippen molar-refractivity contribution >= 4 is 0 Å². The molecule has 0 saturated carbocycles. The lowest BCUT2D eigenvalue weighted by Crippen LogP contribution is -2.22. The Balaban J connectivity index is 2.98. The molecule has 1 unspecified atom stereocenters. The van der Waals surface area contributed by atoms with Crippen LogP contribution >= 0.6 is 0 Å². The molecule has 0 aromatic rings. The quantitative estimate of drug-likeness (QED) is 0.483. The predicted octanol–water partition coefficient (Wildman–Crippen LogP) is 3.70. The summed E-state index contributed by atoms with van der Waals surface area (Å²) in [6.07, 6.45) is 12.1. The van der Waals surface area contributed by atoms with Crippen LogP contribution in [0.25, 0.3) is 0 Å². The summed E-state index contributed by atoms with van der Waals surface area (Å²) in [5.41, 5.74) is 5.46. The SMILES string of the molecule is CCCC(C)CNCCCCCCCCCN. The average molecular weight is 242 g/mol. The van der Waals surface area contributed by atoms with Gasteiger partial charge in [0.2, 0.25) is 0 Å². The summed E-state index contributed by atoms with van der Waals surface area (Å²) in [5.74, 6) is 0.844. The van der Waals surface area contributed by atoms with E-state index in [9.17, 15) is 0 Å². The fourth-order valence-corrected chi connectivity index (χ4v) is 2.22. The number of nitrogens with two attached hydrogens (primary N) is 1. The Morgan fingerprint density at radius 3 is 2.12 bits per heavy atom. The van der Waals surface area contributed by atoms with Crippen molar-refractivity contribution in [2.45, 2.75) is 71.6 Å². The van der Waals surface area contributed by atoms with Gasteiger partial charge >= 0.3 is 0 Å². The zero-order chi connectivity index (χ0) is 12.8. The maximum absolute atomic E-state index is 5.46. The predicted molar refractivity (Wildman–Crippen MR) is 78.3 cm³/mol. The minimum absolute atomic E-state index is 0.844. The third-order valence-electron chi connectivity index (χ3n) is 3.33. The Morgan fingerprint density at radius 2 is 1.53 bits per heavy atom. The third-order valence-corrected chi connectivity index (χ3v) is 3.33. The van der Waals surface area contributed by atoms with Crippen molar-refractivity contribution in [2.75, 3.05) is 19.6 Å². The highest BCUT2D eigenvalue weighted by Gasteiger charge is 1.98. The molecule has 0 aromatic heterocycles. The van der Waals surface area contributed by atoms with Crippen LogP contribution in [-0.2, 0) is 0 Å².